The van der Waals surface area contributed by atoms with Gasteiger partial charge >= 0.3 is 0 Å². The Hall–Kier alpha value is -1.00. The molecule has 0 aromatic carbocycles. The minimum atomic E-state index is 1.00. The van der Waals surface area contributed by atoms with E-state index in [-0.39, 0.29) is 0 Å². The van der Waals surface area contributed by atoms with E-state index in [1.807, 2.05) is 0 Å². The lowest BCUT2D eigenvalue weighted by atomic mass is 10.4. The summed E-state index contributed by atoms with van der Waals surface area (Å²) in [6, 6.07) is 1.78. The molecule has 1 aromatic rings. The van der Waals surface area contributed by atoms with Gasteiger partial charge in [0.25, 0.3) is 0 Å². The van der Waals surface area contributed by atoms with Crippen LogP contribution in [0.2, 0.25) is 0 Å². The lowest BCUT2D eigenvalue weighted by molar-refractivity contribution is 0.496. The highest BCUT2D eigenvalue weighted by Gasteiger charge is 1.91. The monoisotopic (exact) mass is 166 g/mol. The summed E-state index contributed by atoms with van der Waals surface area (Å²) in [6.07, 6.45) is 6.15. The molecule has 12 heavy (non-hydrogen) atoms. The second-order valence-electron chi connectivity index (χ2n) is 2.43. The average Bonchev–Trinajstić information content (AvgIpc) is 2.24. The van der Waals surface area contributed by atoms with Crippen LogP contribution in [0.1, 0.15) is 6.42 Å². The van der Waals surface area contributed by atoms with E-state index in [0.717, 1.165) is 6.67 Å². The van der Waals surface area contributed by atoms with Crippen LogP contribution in [0, 0.1) is 0 Å². The molecule has 1 saturated heterocycles. The molecule has 1 fully saturated rings. The maximum absolute atomic E-state index is 3.67. The Bertz CT molecular complexity index is 135. The standard InChI is InChI=1S/C4H10N2.C4H4N2/c2*1-2-5-4-6-3-1/h5-6H,1-4H2;1-4H. The highest BCUT2D eigenvalue weighted by Crippen LogP contribution is 1.75. The van der Waals surface area contributed by atoms with Crippen molar-refractivity contribution in [3.63, 3.8) is 0 Å². The summed E-state index contributed by atoms with van der Waals surface area (Å²) in [4.78, 5) is 7.35. The second kappa shape index (κ2) is 6.69. The SMILES string of the molecule is C1CNCNC1.c1cncnc1. The molecule has 1 aliphatic rings. The van der Waals surface area contributed by atoms with E-state index in [1.165, 1.54) is 25.8 Å². The number of rotatable bonds is 0. The van der Waals surface area contributed by atoms with Crippen LogP contribution in [-0.2, 0) is 0 Å². The highest BCUT2D eigenvalue weighted by molar-refractivity contribution is 4.74. The fourth-order valence-corrected chi connectivity index (χ4v) is 0.857. The van der Waals surface area contributed by atoms with Crippen LogP contribution in [-0.4, -0.2) is 29.7 Å². The van der Waals surface area contributed by atoms with Crippen LogP contribution >= 0.6 is 0 Å². The summed E-state index contributed by atoms with van der Waals surface area (Å²) < 4.78 is 0. The Labute approximate surface area is 72.4 Å². The normalized spacial score (nSPS) is 16.0. The zero-order chi connectivity index (χ0) is 8.49. The van der Waals surface area contributed by atoms with Gasteiger partial charge in [0.15, 0.2) is 0 Å². The van der Waals surface area contributed by atoms with Crippen LogP contribution in [0.25, 0.3) is 0 Å². The van der Waals surface area contributed by atoms with E-state index in [0.29, 0.717) is 0 Å². The molecule has 1 aromatic heterocycles. The van der Waals surface area contributed by atoms with Crippen molar-refractivity contribution in [3.05, 3.63) is 24.8 Å². The maximum atomic E-state index is 3.67. The van der Waals surface area contributed by atoms with E-state index in [4.69, 9.17) is 0 Å². The predicted molar refractivity (Wildman–Crippen MR) is 47.5 cm³/mol. The first-order valence-corrected chi connectivity index (χ1v) is 4.11. The molecule has 0 bridgehead atoms. The summed E-state index contributed by atoms with van der Waals surface area (Å²) in [7, 11) is 0. The number of hydrogen-bond donors (Lipinski definition) is 2. The van der Waals surface area contributed by atoms with Crippen molar-refractivity contribution in [2.75, 3.05) is 19.8 Å². The molecule has 66 valence electrons. The van der Waals surface area contributed by atoms with Gasteiger partial charge in [-0.3, -0.25) is 0 Å². The van der Waals surface area contributed by atoms with E-state index in [2.05, 4.69) is 20.6 Å². The van der Waals surface area contributed by atoms with Gasteiger partial charge < -0.3 is 10.6 Å². The molecule has 0 aliphatic carbocycles. The first-order chi connectivity index (χ1) is 6.00. The van der Waals surface area contributed by atoms with E-state index < -0.39 is 0 Å². The molecule has 0 saturated carbocycles. The topological polar surface area (TPSA) is 49.8 Å². The molecule has 2 heterocycles. The summed E-state index contributed by atoms with van der Waals surface area (Å²) in [6.45, 7) is 3.38. The third-order valence-electron chi connectivity index (χ3n) is 1.43. The molecule has 0 spiro atoms. The molecule has 4 heteroatoms. The van der Waals surface area contributed by atoms with E-state index >= 15 is 0 Å². The van der Waals surface area contributed by atoms with Crippen LogP contribution in [0.5, 0.6) is 0 Å². The van der Waals surface area contributed by atoms with Gasteiger partial charge in [-0.05, 0) is 25.6 Å². The fourth-order valence-electron chi connectivity index (χ4n) is 0.857. The average molecular weight is 166 g/mol. The molecule has 0 amide bonds. The van der Waals surface area contributed by atoms with E-state index in [1.54, 1.807) is 18.5 Å². The third kappa shape index (κ3) is 4.76. The minimum Gasteiger partial charge on any atom is -0.304 e. The quantitative estimate of drug-likeness (QED) is 0.570. The highest BCUT2D eigenvalue weighted by atomic mass is 15.1. The van der Waals surface area contributed by atoms with Gasteiger partial charge in [-0.1, -0.05) is 0 Å². The molecule has 0 radical (unpaired) electrons. The second-order valence-corrected chi connectivity index (χ2v) is 2.43. The van der Waals surface area contributed by atoms with Crippen molar-refractivity contribution in [2.45, 2.75) is 6.42 Å². The number of nitrogens with zero attached hydrogens (tertiary/aromatic N) is 2. The van der Waals surface area contributed by atoms with Gasteiger partial charge in [0.2, 0.25) is 0 Å². The number of aromatic nitrogens is 2. The van der Waals surface area contributed by atoms with Crippen LogP contribution < -0.4 is 10.6 Å². The van der Waals surface area contributed by atoms with Crippen LogP contribution in [0.15, 0.2) is 24.8 Å². The van der Waals surface area contributed by atoms with Gasteiger partial charge in [0.1, 0.15) is 6.33 Å². The van der Waals surface area contributed by atoms with Crippen molar-refractivity contribution in [1.82, 2.24) is 20.6 Å². The molecule has 1 aliphatic heterocycles. The summed E-state index contributed by atoms with van der Waals surface area (Å²) in [5.74, 6) is 0. The Balaban J connectivity index is 0.000000120. The molecule has 0 atom stereocenters. The lowest BCUT2D eigenvalue weighted by Crippen LogP contribution is -2.37. The molecule has 4 nitrogen and oxygen atoms in total. The zero-order valence-electron chi connectivity index (χ0n) is 7.03. The molecular weight excluding hydrogens is 152 g/mol. The zero-order valence-corrected chi connectivity index (χ0v) is 7.03. The Kier molecular flexibility index (Phi) is 5.07. The van der Waals surface area contributed by atoms with Crippen LogP contribution in [0.4, 0.5) is 0 Å². The van der Waals surface area contributed by atoms with Crippen molar-refractivity contribution in [1.29, 1.82) is 0 Å². The van der Waals surface area contributed by atoms with Crippen molar-refractivity contribution < 1.29 is 0 Å². The molecular formula is C8H14N4. The summed E-state index contributed by atoms with van der Waals surface area (Å²) >= 11 is 0. The van der Waals surface area contributed by atoms with Crippen LogP contribution in [0.3, 0.4) is 0 Å². The predicted octanol–water partition coefficient (Wildman–Crippen LogP) is 0.00340. The first kappa shape index (κ1) is 9.09. The number of nitrogens with one attached hydrogen (secondary N) is 2. The Morgan fingerprint density at radius 1 is 1.00 bits per heavy atom. The summed E-state index contributed by atoms with van der Waals surface area (Å²) in [5.41, 5.74) is 0. The van der Waals surface area contributed by atoms with Crippen molar-refractivity contribution in [2.24, 2.45) is 0 Å². The van der Waals surface area contributed by atoms with E-state index in [9.17, 15) is 0 Å². The van der Waals surface area contributed by atoms with Gasteiger partial charge in [0, 0.05) is 19.1 Å². The third-order valence-corrected chi connectivity index (χ3v) is 1.43. The Morgan fingerprint density at radius 3 is 1.83 bits per heavy atom. The largest absolute Gasteiger partial charge is 0.304 e. The van der Waals surface area contributed by atoms with Gasteiger partial charge in [-0.25, -0.2) is 9.97 Å². The Morgan fingerprint density at radius 2 is 1.67 bits per heavy atom. The molecule has 2 N–H and O–H groups in total. The van der Waals surface area contributed by atoms with Gasteiger partial charge in [-0.2, -0.15) is 0 Å². The molecule has 0 unspecified atom stereocenters. The summed E-state index contributed by atoms with van der Waals surface area (Å²) in [5, 5.41) is 6.35. The maximum Gasteiger partial charge on any atom is 0.115 e. The smallest absolute Gasteiger partial charge is 0.115 e. The molecule has 2 rings (SSSR count). The van der Waals surface area contributed by atoms with Gasteiger partial charge in [0.05, 0.1) is 0 Å². The lowest BCUT2D eigenvalue weighted by Gasteiger charge is -2.11. The van der Waals surface area contributed by atoms with Crippen molar-refractivity contribution >= 4 is 0 Å². The van der Waals surface area contributed by atoms with Gasteiger partial charge in [-0.15, -0.1) is 0 Å². The number of hydrogen-bond acceptors (Lipinski definition) is 4. The first-order valence-electron chi connectivity index (χ1n) is 4.11. The minimum absolute atomic E-state index is 1.00. The van der Waals surface area contributed by atoms with Crippen molar-refractivity contribution in [3.8, 4) is 0 Å². The fraction of sp³-hybridized carbons (Fsp3) is 0.500.